The molecule has 0 fully saturated rings. The van der Waals surface area contributed by atoms with Crippen molar-refractivity contribution in [1.82, 2.24) is 0 Å². The molecule has 0 N–H and O–H groups in total. The van der Waals surface area contributed by atoms with Crippen molar-refractivity contribution < 1.29 is 0 Å². The van der Waals surface area contributed by atoms with Crippen molar-refractivity contribution in [2.24, 2.45) is 15.8 Å². The van der Waals surface area contributed by atoms with Crippen molar-refractivity contribution in [2.45, 2.75) is 79.1 Å². The van der Waals surface area contributed by atoms with Gasteiger partial charge in [-0.15, -0.1) is 0 Å². The molecule has 0 unspecified atom stereocenters. The van der Waals surface area contributed by atoms with Gasteiger partial charge in [-0.1, -0.05) is 27.7 Å². The molecular weight excluding hydrogens is 258 g/mol. The summed E-state index contributed by atoms with van der Waals surface area (Å²) in [5.74, 6) is 0. The highest BCUT2D eigenvalue weighted by atomic mass is 14.7. The fourth-order valence-electron chi connectivity index (χ4n) is 2.82. The minimum atomic E-state index is 0.0676. The third kappa shape index (κ3) is 6.30. The molecule has 0 bridgehead atoms. The first-order valence-electron chi connectivity index (χ1n) is 8.32. The van der Waals surface area contributed by atoms with E-state index in [9.17, 15) is 0 Å². The fourth-order valence-corrected chi connectivity index (χ4v) is 2.82. The summed E-state index contributed by atoms with van der Waals surface area (Å²) in [6, 6.07) is 4.51. The first-order valence-corrected chi connectivity index (χ1v) is 8.32. The summed E-state index contributed by atoms with van der Waals surface area (Å²) in [5, 5.41) is 17.7. The molecule has 118 valence electrons. The van der Waals surface area contributed by atoms with Crippen molar-refractivity contribution >= 4 is 6.21 Å². The van der Waals surface area contributed by atoms with Gasteiger partial charge in [-0.05, 0) is 43.9 Å². The van der Waals surface area contributed by atoms with Gasteiger partial charge in [0.15, 0.2) is 0 Å². The largest absolute Gasteiger partial charge is 0.296 e. The first-order chi connectivity index (χ1) is 10.1. The van der Waals surface area contributed by atoms with Crippen LogP contribution in [0.4, 0.5) is 0 Å². The van der Waals surface area contributed by atoms with E-state index in [-0.39, 0.29) is 10.8 Å². The van der Waals surface area contributed by atoms with Gasteiger partial charge >= 0.3 is 0 Å². The molecule has 0 aromatic carbocycles. The van der Waals surface area contributed by atoms with E-state index in [0.717, 1.165) is 45.1 Å². The summed E-state index contributed by atoms with van der Waals surface area (Å²) < 4.78 is 0. The molecule has 0 aromatic heterocycles. The summed E-state index contributed by atoms with van der Waals surface area (Å²) in [6.07, 6.45) is 9.30. The van der Waals surface area contributed by atoms with Crippen molar-refractivity contribution in [3.05, 3.63) is 0 Å². The molecule has 0 saturated carbocycles. The van der Waals surface area contributed by atoms with Crippen LogP contribution in [0.1, 0.15) is 79.1 Å². The fraction of sp³-hybridized carbons (Fsp3) is 0.833. The van der Waals surface area contributed by atoms with Gasteiger partial charge in [0.2, 0.25) is 0 Å². The van der Waals surface area contributed by atoms with Gasteiger partial charge < -0.3 is 0 Å². The lowest BCUT2D eigenvalue weighted by Crippen LogP contribution is -2.25. The Morgan fingerprint density at radius 3 is 1.81 bits per heavy atom. The Morgan fingerprint density at radius 2 is 1.38 bits per heavy atom. The number of nitriles is 2. The molecule has 0 aliphatic rings. The maximum atomic E-state index is 8.83. The molecule has 0 saturated heterocycles. The van der Waals surface area contributed by atoms with Crippen molar-refractivity contribution in [3.8, 4) is 12.1 Å². The summed E-state index contributed by atoms with van der Waals surface area (Å²) >= 11 is 0. The van der Waals surface area contributed by atoms with E-state index >= 15 is 0 Å². The van der Waals surface area contributed by atoms with Gasteiger partial charge in [0.05, 0.1) is 12.1 Å². The van der Waals surface area contributed by atoms with Crippen molar-refractivity contribution in [3.63, 3.8) is 0 Å². The minimum absolute atomic E-state index is 0.0676. The normalized spacial score (nSPS) is 12.3. The summed E-state index contributed by atoms with van der Waals surface area (Å²) in [4.78, 5) is 4.76. The highest BCUT2D eigenvalue weighted by Gasteiger charge is 2.27. The number of hydrogen-bond donors (Lipinski definition) is 0. The Kier molecular flexibility index (Phi) is 9.72. The molecule has 0 amide bonds. The number of hydrogen-bond acceptors (Lipinski definition) is 3. The molecule has 0 rings (SSSR count). The molecule has 0 spiro atoms. The van der Waals surface area contributed by atoms with E-state index in [0.29, 0.717) is 12.8 Å². The van der Waals surface area contributed by atoms with Gasteiger partial charge in [0, 0.05) is 31.0 Å². The zero-order valence-electron chi connectivity index (χ0n) is 14.3. The molecule has 0 aliphatic carbocycles. The average molecular weight is 289 g/mol. The van der Waals surface area contributed by atoms with Gasteiger partial charge in [0.1, 0.15) is 0 Å². The molecular formula is C18H31N3. The maximum Gasteiger partial charge on any atom is 0.0622 e. The minimum Gasteiger partial charge on any atom is -0.296 e. The van der Waals surface area contributed by atoms with Gasteiger partial charge in [-0.25, -0.2) is 0 Å². The Balaban J connectivity index is 4.88. The van der Waals surface area contributed by atoms with Gasteiger partial charge in [-0.3, -0.25) is 4.99 Å². The van der Waals surface area contributed by atoms with E-state index in [1.54, 1.807) is 0 Å². The highest BCUT2D eigenvalue weighted by Crippen LogP contribution is 2.34. The summed E-state index contributed by atoms with van der Waals surface area (Å²) in [7, 11) is 0. The van der Waals surface area contributed by atoms with Crippen LogP contribution < -0.4 is 0 Å². The predicted octanol–water partition coefficient (Wildman–Crippen LogP) is 5.28. The maximum absolute atomic E-state index is 8.83. The van der Waals surface area contributed by atoms with Crippen LogP contribution in [0.5, 0.6) is 0 Å². The first kappa shape index (κ1) is 19.7. The summed E-state index contributed by atoms with van der Waals surface area (Å²) in [6.45, 7) is 9.54. The van der Waals surface area contributed by atoms with E-state index in [1.807, 2.05) is 0 Å². The molecule has 3 heteroatoms. The topological polar surface area (TPSA) is 59.9 Å². The zero-order valence-corrected chi connectivity index (χ0v) is 14.3. The van der Waals surface area contributed by atoms with E-state index in [2.05, 4.69) is 46.0 Å². The standard InChI is InChI=1S/C18H31N3/c1-5-17(6-2,11-9-13-19)15-21-16-18(7-3,8-4)12-10-14-20/h15H,5-12,16H2,1-4H3. The molecule has 0 atom stereocenters. The quantitative estimate of drug-likeness (QED) is 0.486. The monoisotopic (exact) mass is 289 g/mol. The Bertz CT molecular complexity index is 376. The van der Waals surface area contributed by atoms with Crippen molar-refractivity contribution in [1.29, 1.82) is 10.5 Å². The van der Waals surface area contributed by atoms with E-state index < -0.39 is 0 Å². The molecule has 0 heterocycles. The van der Waals surface area contributed by atoms with Crippen LogP contribution in [0.2, 0.25) is 0 Å². The van der Waals surface area contributed by atoms with Crippen LogP contribution >= 0.6 is 0 Å². The third-order valence-electron chi connectivity index (χ3n) is 5.20. The highest BCUT2D eigenvalue weighted by molar-refractivity contribution is 5.65. The van der Waals surface area contributed by atoms with Gasteiger partial charge in [-0.2, -0.15) is 10.5 Å². The van der Waals surface area contributed by atoms with Crippen LogP contribution in [-0.4, -0.2) is 12.8 Å². The number of nitrogens with zero attached hydrogens (tertiary/aromatic N) is 3. The lowest BCUT2D eigenvalue weighted by Gasteiger charge is -2.31. The van der Waals surface area contributed by atoms with Crippen LogP contribution in [-0.2, 0) is 0 Å². The Hall–Kier alpha value is -1.35. The molecule has 0 aromatic rings. The lowest BCUT2D eigenvalue weighted by molar-refractivity contribution is 0.253. The molecule has 3 nitrogen and oxygen atoms in total. The number of aliphatic imine (C=N–C) groups is 1. The second-order valence-electron chi connectivity index (χ2n) is 6.06. The van der Waals surface area contributed by atoms with Gasteiger partial charge in [0.25, 0.3) is 0 Å². The molecule has 21 heavy (non-hydrogen) atoms. The second-order valence-corrected chi connectivity index (χ2v) is 6.06. The van der Waals surface area contributed by atoms with E-state index in [4.69, 9.17) is 15.5 Å². The third-order valence-corrected chi connectivity index (χ3v) is 5.20. The number of rotatable bonds is 11. The lowest BCUT2D eigenvalue weighted by atomic mass is 9.77. The Labute approximate surface area is 131 Å². The molecule has 0 radical (unpaired) electrons. The van der Waals surface area contributed by atoms with Crippen LogP contribution in [0.25, 0.3) is 0 Å². The van der Waals surface area contributed by atoms with Crippen LogP contribution in [0, 0.1) is 33.5 Å². The van der Waals surface area contributed by atoms with E-state index in [1.165, 1.54) is 0 Å². The van der Waals surface area contributed by atoms with Crippen LogP contribution in [0.3, 0.4) is 0 Å². The summed E-state index contributed by atoms with van der Waals surface area (Å²) in [5.41, 5.74) is 0.229. The smallest absolute Gasteiger partial charge is 0.0622 e. The molecule has 0 aliphatic heterocycles. The SMILES string of the molecule is CCC(C=NCC(CC)(CC)CCC#N)(CC)CCC#N. The van der Waals surface area contributed by atoms with Crippen LogP contribution in [0.15, 0.2) is 4.99 Å². The predicted molar refractivity (Wildman–Crippen MR) is 89.1 cm³/mol. The Morgan fingerprint density at radius 1 is 0.857 bits per heavy atom. The zero-order chi connectivity index (χ0) is 16.2. The average Bonchev–Trinajstić information content (AvgIpc) is 2.54. The van der Waals surface area contributed by atoms with Crippen molar-refractivity contribution in [2.75, 3.05) is 6.54 Å². The second kappa shape index (κ2) is 10.4.